The topological polar surface area (TPSA) is 68.3 Å². The molecule has 0 spiro atoms. The molecule has 0 fully saturated rings. The summed E-state index contributed by atoms with van der Waals surface area (Å²) in [6, 6.07) is 23.2. The molecule has 4 aromatic rings. The predicted octanol–water partition coefficient (Wildman–Crippen LogP) is 5.34. The largest absolute Gasteiger partial charge is 0.454 e. The van der Waals surface area contributed by atoms with E-state index in [4.69, 9.17) is 14.2 Å². The van der Waals surface area contributed by atoms with E-state index in [2.05, 4.69) is 0 Å². The summed E-state index contributed by atoms with van der Waals surface area (Å²) in [5.41, 5.74) is 1.53. The maximum absolute atomic E-state index is 13.8. The summed E-state index contributed by atoms with van der Waals surface area (Å²) in [7, 11) is 1.64. The number of rotatable bonds is 11. The zero-order valence-corrected chi connectivity index (χ0v) is 22.1. The summed E-state index contributed by atoms with van der Waals surface area (Å²) in [6.07, 6.45) is 0.632. The number of carbonyl (C=O) groups is 2. The van der Waals surface area contributed by atoms with E-state index in [1.54, 1.807) is 28.2 Å². The van der Waals surface area contributed by atoms with Gasteiger partial charge in [0.25, 0.3) is 5.91 Å². The predicted molar refractivity (Wildman–Crippen MR) is 147 cm³/mol. The van der Waals surface area contributed by atoms with Crippen LogP contribution in [0, 0.1) is 0 Å². The van der Waals surface area contributed by atoms with Gasteiger partial charge in [-0.1, -0.05) is 48.5 Å². The molecular weight excluding hydrogens is 500 g/mol. The van der Waals surface area contributed by atoms with E-state index in [1.165, 1.54) is 0 Å². The second-order valence-corrected chi connectivity index (χ2v) is 10.1. The molecule has 0 saturated heterocycles. The highest BCUT2D eigenvalue weighted by Gasteiger charge is 2.24. The highest BCUT2D eigenvalue weighted by Crippen LogP contribution is 2.33. The number of ether oxygens (including phenoxy) is 3. The standard InChI is InChI=1S/C30H30N2O5S/c1-35-15-6-14-31(30(34)26-11-4-8-23-7-2-3-10-25(23)26)20-29(33)32(19-24-9-5-16-38-24)18-22-12-13-27-28(17-22)37-21-36-27/h2-5,7-13,16-17H,6,14-15,18-21H2,1H3. The van der Waals surface area contributed by atoms with E-state index in [0.717, 1.165) is 21.2 Å². The summed E-state index contributed by atoms with van der Waals surface area (Å²) in [5, 5.41) is 3.86. The molecule has 2 heterocycles. The molecule has 1 aliphatic rings. The molecule has 7 nitrogen and oxygen atoms in total. The number of thiophene rings is 1. The Labute approximate surface area is 226 Å². The lowest BCUT2D eigenvalue weighted by Crippen LogP contribution is -2.43. The molecule has 0 unspecified atom stereocenters. The van der Waals surface area contributed by atoms with Crippen molar-refractivity contribution in [2.75, 3.05) is 33.6 Å². The van der Waals surface area contributed by atoms with Crippen molar-refractivity contribution < 1.29 is 23.8 Å². The van der Waals surface area contributed by atoms with Crippen LogP contribution in [0.5, 0.6) is 11.5 Å². The van der Waals surface area contributed by atoms with Gasteiger partial charge >= 0.3 is 0 Å². The Hall–Kier alpha value is -3.88. The molecular formula is C30H30N2O5S. The van der Waals surface area contributed by atoms with Crippen molar-refractivity contribution in [3.8, 4) is 11.5 Å². The first kappa shape index (κ1) is 25.8. The minimum Gasteiger partial charge on any atom is -0.454 e. The van der Waals surface area contributed by atoms with Crippen molar-refractivity contribution in [1.82, 2.24) is 9.80 Å². The Morgan fingerprint density at radius 1 is 0.921 bits per heavy atom. The second kappa shape index (κ2) is 12.1. The normalized spacial score (nSPS) is 12.0. The van der Waals surface area contributed by atoms with Gasteiger partial charge in [-0.3, -0.25) is 9.59 Å². The van der Waals surface area contributed by atoms with E-state index in [9.17, 15) is 9.59 Å². The lowest BCUT2D eigenvalue weighted by Gasteiger charge is -2.28. The number of benzene rings is 3. The molecule has 1 aliphatic heterocycles. The first-order valence-electron chi connectivity index (χ1n) is 12.6. The minimum absolute atomic E-state index is 0.0261. The van der Waals surface area contributed by atoms with Gasteiger partial charge in [-0.2, -0.15) is 0 Å². The molecule has 2 amide bonds. The third-order valence-electron chi connectivity index (χ3n) is 6.50. The third kappa shape index (κ3) is 5.98. The van der Waals surface area contributed by atoms with Crippen molar-refractivity contribution in [2.24, 2.45) is 0 Å². The molecule has 0 saturated carbocycles. The van der Waals surface area contributed by atoms with Crippen molar-refractivity contribution in [1.29, 1.82) is 0 Å². The van der Waals surface area contributed by atoms with Gasteiger partial charge in [0.1, 0.15) is 6.54 Å². The number of hydrogen-bond acceptors (Lipinski definition) is 6. The Balaban J connectivity index is 1.39. The Kier molecular flexibility index (Phi) is 8.21. The third-order valence-corrected chi connectivity index (χ3v) is 7.36. The molecule has 0 atom stereocenters. The molecule has 1 aromatic heterocycles. The van der Waals surface area contributed by atoms with Crippen LogP contribution in [0.3, 0.4) is 0 Å². The molecule has 0 N–H and O–H groups in total. The highest BCUT2D eigenvalue weighted by atomic mass is 32.1. The Morgan fingerprint density at radius 2 is 1.76 bits per heavy atom. The van der Waals surface area contributed by atoms with Crippen LogP contribution >= 0.6 is 11.3 Å². The molecule has 38 heavy (non-hydrogen) atoms. The fourth-order valence-electron chi connectivity index (χ4n) is 4.58. The summed E-state index contributed by atoms with van der Waals surface area (Å²) < 4.78 is 16.2. The van der Waals surface area contributed by atoms with Gasteiger partial charge in [-0.15, -0.1) is 11.3 Å². The van der Waals surface area contributed by atoms with Crippen molar-refractivity contribution in [2.45, 2.75) is 19.5 Å². The zero-order valence-electron chi connectivity index (χ0n) is 21.3. The average Bonchev–Trinajstić information content (AvgIpc) is 3.63. The van der Waals surface area contributed by atoms with Crippen molar-refractivity contribution >= 4 is 33.9 Å². The fraction of sp³-hybridized carbons (Fsp3) is 0.267. The summed E-state index contributed by atoms with van der Waals surface area (Å²) >= 11 is 1.60. The van der Waals surface area contributed by atoms with Crippen LogP contribution in [0.1, 0.15) is 27.2 Å². The molecule has 0 bridgehead atoms. The number of carbonyl (C=O) groups excluding carboxylic acids is 2. The highest BCUT2D eigenvalue weighted by molar-refractivity contribution is 7.09. The van der Waals surface area contributed by atoms with Gasteiger partial charge in [-0.25, -0.2) is 0 Å². The van der Waals surface area contributed by atoms with E-state index in [0.29, 0.717) is 49.7 Å². The maximum atomic E-state index is 13.8. The minimum atomic E-state index is -0.162. The molecule has 0 aliphatic carbocycles. The lowest BCUT2D eigenvalue weighted by atomic mass is 10.0. The lowest BCUT2D eigenvalue weighted by molar-refractivity contribution is -0.133. The van der Waals surface area contributed by atoms with Crippen LogP contribution < -0.4 is 9.47 Å². The van der Waals surface area contributed by atoms with Crippen LogP contribution in [0.2, 0.25) is 0 Å². The first-order chi connectivity index (χ1) is 18.6. The van der Waals surface area contributed by atoms with Crippen LogP contribution in [0.25, 0.3) is 10.8 Å². The SMILES string of the molecule is COCCCN(CC(=O)N(Cc1ccc2c(c1)OCO2)Cc1cccs1)C(=O)c1cccc2ccccc12. The average molecular weight is 531 g/mol. The summed E-state index contributed by atoms with van der Waals surface area (Å²) in [4.78, 5) is 32.1. The number of hydrogen-bond donors (Lipinski definition) is 0. The summed E-state index contributed by atoms with van der Waals surface area (Å²) in [6.45, 7) is 1.94. The number of nitrogens with zero attached hydrogens (tertiary/aromatic N) is 2. The zero-order chi connectivity index (χ0) is 26.3. The van der Waals surface area contributed by atoms with Crippen LogP contribution in [0.15, 0.2) is 78.2 Å². The second-order valence-electron chi connectivity index (χ2n) is 9.12. The number of amides is 2. The Morgan fingerprint density at radius 3 is 2.61 bits per heavy atom. The smallest absolute Gasteiger partial charge is 0.254 e. The fourth-order valence-corrected chi connectivity index (χ4v) is 5.30. The van der Waals surface area contributed by atoms with Crippen molar-refractivity contribution in [3.05, 3.63) is 94.2 Å². The number of methoxy groups -OCH3 is 1. The molecule has 3 aromatic carbocycles. The van der Waals surface area contributed by atoms with Gasteiger partial charge in [0.15, 0.2) is 11.5 Å². The quantitative estimate of drug-likeness (QED) is 0.245. The molecule has 5 rings (SSSR count). The van der Waals surface area contributed by atoms with E-state index >= 15 is 0 Å². The van der Waals surface area contributed by atoms with Gasteiger partial charge in [0.2, 0.25) is 12.7 Å². The first-order valence-corrected chi connectivity index (χ1v) is 13.4. The number of fused-ring (bicyclic) bond motifs is 2. The van der Waals surface area contributed by atoms with Gasteiger partial charge in [-0.05, 0) is 52.4 Å². The van der Waals surface area contributed by atoms with Gasteiger partial charge < -0.3 is 24.0 Å². The van der Waals surface area contributed by atoms with Crippen LogP contribution in [0.4, 0.5) is 0 Å². The van der Waals surface area contributed by atoms with Crippen molar-refractivity contribution in [3.63, 3.8) is 0 Å². The van der Waals surface area contributed by atoms with Gasteiger partial charge in [0.05, 0.1) is 6.54 Å². The monoisotopic (exact) mass is 530 g/mol. The van der Waals surface area contributed by atoms with E-state index in [-0.39, 0.29) is 25.2 Å². The Bertz CT molecular complexity index is 1400. The molecule has 8 heteroatoms. The molecule has 196 valence electrons. The van der Waals surface area contributed by atoms with Crippen LogP contribution in [-0.4, -0.2) is 55.2 Å². The van der Waals surface area contributed by atoms with E-state index in [1.807, 2.05) is 78.2 Å². The van der Waals surface area contributed by atoms with Crippen LogP contribution in [-0.2, 0) is 22.6 Å². The van der Waals surface area contributed by atoms with Gasteiger partial charge in [0, 0.05) is 37.2 Å². The van der Waals surface area contributed by atoms with E-state index < -0.39 is 0 Å². The maximum Gasteiger partial charge on any atom is 0.254 e. The summed E-state index contributed by atoms with van der Waals surface area (Å²) in [5.74, 6) is 1.10. The molecule has 0 radical (unpaired) electrons.